The molecule has 0 radical (unpaired) electrons. The smallest absolute Gasteiger partial charge is 0.117 e. The third-order valence-electron chi connectivity index (χ3n) is 1.23. The van der Waals surface area contributed by atoms with Gasteiger partial charge >= 0.3 is 0 Å². The van der Waals surface area contributed by atoms with Crippen LogP contribution in [0.4, 0.5) is 0 Å². The predicted molar refractivity (Wildman–Crippen MR) is 69.0 cm³/mol. The predicted octanol–water partition coefficient (Wildman–Crippen LogP) is 5.50. The summed E-state index contributed by atoms with van der Waals surface area (Å²) < 4.78 is -1.63. The zero-order valence-electron chi connectivity index (χ0n) is 6.33. The summed E-state index contributed by atoms with van der Waals surface area (Å²) in [7, 11) is 0. The topological polar surface area (TPSA) is 0 Å². The van der Waals surface area contributed by atoms with Crippen LogP contribution >= 0.6 is 92.8 Å². The fourth-order valence-electron chi connectivity index (χ4n) is 0.542. The summed E-state index contributed by atoms with van der Waals surface area (Å²) in [6, 6.07) is 0. The summed E-state index contributed by atoms with van der Waals surface area (Å²) >= 11 is 45.0. The van der Waals surface area contributed by atoms with Crippen LogP contribution in [0.5, 0.6) is 0 Å². The third kappa shape index (κ3) is 4.93. The maximum atomic E-state index is 5.85. The summed E-state index contributed by atoms with van der Waals surface area (Å²) in [6.07, 6.45) is 1.23. The number of alkyl halides is 6. The van der Waals surface area contributed by atoms with E-state index in [9.17, 15) is 0 Å². The highest BCUT2D eigenvalue weighted by Crippen LogP contribution is 2.41. The molecule has 84 valence electrons. The second-order valence-electron chi connectivity index (χ2n) is 2.27. The molecule has 0 rings (SSSR count). The molecule has 0 aromatic heterocycles. The zero-order valence-corrected chi connectivity index (χ0v) is 12.4. The highest BCUT2D eigenvalue weighted by atomic mass is 35.5. The lowest BCUT2D eigenvalue weighted by molar-refractivity contribution is 0.753. The second kappa shape index (κ2) is 6.71. The lowest BCUT2D eigenvalue weighted by Gasteiger charge is -2.28. The number of hydrogen-bond donors (Lipinski definition) is 0. The Kier molecular flexibility index (Phi) is 7.70. The highest BCUT2D eigenvalue weighted by molar-refractivity contribution is 6.60. The Bertz CT molecular complexity index is 206. The van der Waals surface area contributed by atoms with Gasteiger partial charge in [-0.2, -0.15) is 0 Å². The molecule has 14 heavy (non-hydrogen) atoms. The SMILES string of the molecule is ClC(Cl)=CC(Cl)C(Cl)(Cl)C(Cl)C(Cl)Cl. The Labute approximate surface area is 122 Å². The van der Waals surface area contributed by atoms with Crippen LogP contribution in [0, 0.1) is 0 Å². The van der Waals surface area contributed by atoms with Crippen molar-refractivity contribution in [3.8, 4) is 0 Å². The normalized spacial score (nSPS) is 16.6. The van der Waals surface area contributed by atoms with Crippen molar-refractivity contribution in [3.63, 3.8) is 0 Å². The molecule has 0 saturated carbocycles. The molecule has 0 bridgehead atoms. The van der Waals surface area contributed by atoms with Gasteiger partial charge in [-0.25, -0.2) is 0 Å². The van der Waals surface area contributed by atoms with Gasteiger partial charge in [-0.1, -0.05) is 46.4 Å². The molecular formula is C6H4Cl8. The molecule has 0 amide bonds. The van der Waals surface area contributed by atoms with Crippen LogP contribution in [-0.4, -0.2) is 19.9 Å². The van der Waals surface area contributed by atoms with Gasteiger partial charge in [-0.05, 0) is 6.08 Å². The molecule has 2 atom stereocenters. The van der Waals surface area contributed by atoms with Crippen molar-refractivity contribution in [2.24, 2.45) is 0 Å². The Morgan fingerprint density at radius 2 is 1.43 bits per heavy atom. The van der Waals surface area contributed by atoms with Crippen LogP contribution in [0.25, 0.3) is 0 Å². The van der Waals surface area contributed by atoms with Gasteiger partial charge in [0.05, 0.1) is 10.8 Å². The van der Waals surface area contributed by atoms with Crippen LogP contribution in [0.2, 0.25) is 0 Å². The van der Waals surface area contributed by atoms with Crippen LogP contribution in [0.1, 0.15) is 0 Å². The molecule has 0 aliphatic carbocycles. The molecule has 0 saturated heterocycles. The fourth-order valence-corrected chi connectivity index (χ4v) is 2.42. The Morgan fingerprint density at radius 3 is 1.71 bits per heavy atom. The van der Waals surface area contributed by atoms with Crippen molar-refractivity contribution in [3.05, 3.63) is 10.6 Å². The van der Waals surface area contributed by atoms with E-state index in [1.165, 1.54) is 6.08 Å². The number of halogens is 8. The molecule has 2 unspecified atom stereocenters. The molecule has 0 aromatic carbocycles. The largest absolute Gasteiger partial charge is 0.156 e. The second-order valence-corrected chi connectivity index (χ2v) is 6.83. The molecule has 0 heterocycles. The van der Waals surface area contributed by atoms with E-state index in [1.54, 1.807) is 0 Å². The quantitative estimate of drug-likeness (QED) is 0.582. The molecule has 0 aliphatic heterocycles. The van der Waals surface area contributed by atoms with Gasteiger partial charge < -0.3 is 0 Å². The molecule has 0 nitrogen and oxygen atoms in total. The van der Waals surface area contributed by atoms with Gasteiger partial charge in [-0.3, -0.25) is 0 Å². The van der Waals surface area contributed by atoms with Crippen LogP contribution in [0.15, 0.2) is 10.6 Å². The minimum atomic E-state index is -1.56. The van der Waals surface area contributed by atoms with Gasteiger partial charge in [0, 0.05) is 0 Å². The average Bonchev–Trinajstić information content (AvgIpc) is 2.01. The Balaban J connectivity index is 4.68. The van der Waals surface area contributed by atoms with Crippen molar-refractivity contribution in [1.82, 2.24) is 0 Å². The Hall–Kier alpha value is 2.06. The first-order valence-electron chi connectivity index (χ1n) is 3.16. The average molecular weight is 360 g/mol. The van der Waals surface area contributed by atoms with Crippen LogP contribution in [0.3, 0.4) is 0 Å². The monoisotopic (exact) mass is 356 g/mol. The number of hydrogen-bond acceptors (Lipinski definition) is 0. The van der Waals surface area contributed by atoms with Crippen molar-refractivity contribution in [2.75, 3.05) is 0 Å². The minimum Gasteiger partial charge on any atom is -0.117 e. The van der Waals surface area contributed by atoms with Crippen molar-refractivity contribution >= 4 is 92.8 Å². The lowest BCUT2D eigenvalue weighted by Crippen LogP contribution is -2.39. The van der Waals surface area contributed by atoms with E-state index in [2.05, 4.69) is 0 Å². The molecule has 0 aliphatic rings. The molecule has 0 N–H and O–H groups in total. The van der Waals surface area contributed by atoms with Gasteiger partial charge in [0.25, 0.3) is 0 Å². The molecular weight excluding hydrogens is 356 g/mol. The maximum Gasteiger partial charge on any atom is 0.156 e. The van der Waals surface area contributed by atoms with E-state index < -0.39 is 19.9 Å². The van der Waals surface area contributed by atoms with E-state index in [1.807, 2.05) is 0 Å². The third-order valence-corrected chi connectivity index (χ3v) is 4.70. The molecule has 0 spiro atoms. The van der Waals surface area contributed by atoms with Gasteiger partial charge in [0.2, 0.25) is 0 Å². The summed E-state index contributed by atoms with van der Waals surface area (Å²) in [4.78, 5) is -0.963. The van der Waals surface area contributed by atoms with E-state index in [0.29, 0.717) is 0 Å². The maximum absolute atomic E-state index is 5.85. The van der Waals surface area contributed by atoms with Crippen molar-refractivity contribution in [2.45, 2.75) is 19.9 Å². The van der Waals surface area contributed by atoms with E-state index in [0.717, 1.165) is 0 Å². The van der Waals surface area contributed by atoms with E-state index in [4.69, 9.17) is 92.8 Å². The van der Waals surface area contributed by atoms with E-state index in [-0.39, 0.29) is 4.49 Å². The van der Waals surface area contributed by atoms with Gasteiger partial charge in [-0.15, -0.1) is 46.4 Å². The van der Waals surface area contributed by atoms with Gasteiger partial charge in [0.15, 0.2) is 4.33 Å². The van der Waals surface area contributed by atoms with Gasteiger partial charge in [0.1, 0.15) is 9.33 Å². The van der Waals surface area contributed by atoms with Crippen molar-refractivity contribution in [1.29, 1.82) is 0 Å². The van der Waals surface area contributed by atoms with Crippen molar-refractivity contribution < 1.29 is 0 Å². The molecule has 0 aromatic rings. The first-order valence-corrected chi connectivity index (χ1v) is 6.42. The molecule has 0 fully saturated rings. The first-order chi connectivity index (χ1) is 6.19. The van der Waals surface area contributed by atoms with E-state index >= 15 is 0 Å². The number of allylic oxidation sites excluding steroid dienone is 1. The summed E-state index contributed by atoms with van der Waals surface area (Å²) in [6.45, 7) is 0. The summed E-state index contributed by atoms with van der Waals surface area (Å²) in [5, 5.41) is -1.86. The minimum absolute atomic E-state index is 0.0692. The van der Waals surface area contributed by atoms with Crippen LogP contribution < -0.4 is 0 Å². The summed E-state index contributed by atoms with van der Waals surface area (Å²) in [5.41, 5.74) is 0. The molecule has 8 heteroatoms. The standard InChI is InChI=1S/C6H4Cl8/c7-2(1-3(8)9)6(13,14)4(10)5(11)12/h1-2,4-5H. The zero-order chi connectivity index (χ0) is 11.5. The van der Waals surface area contributed by atoms with Crippen LogP contribution in [-0.2, 0) is 0 Å². The first kappa shape index (κ1) is 16.1. The lowest BCUT2D eigenvalue weighted by atomic mass is 10.2. The number of rotatable bonds is 4. The summed E-state index contributed by atoms with van der Waals surface area (Å²) in [5.74, 6) is 0. The fraction of sp³-hybridized carbons (Fsp3) is 0.667. The highest BCUT2D eigenvalue weighted by Gasteiger charge is 2.43. The Morgan fingerprint density at radius 1 is 1.00 bits per heavy atom.